The van der Waals surface area contributed by atoms with E-state index in [-0.39, 0.29) is 19.1 Å². The van der Waals surface area contributed by atoms with Gasteiger partial charge in [-0.15, -0.1) is 0 Å². The number of aliphatic hydroxyl groups is 1. The van der Waals surface area contributed by atoms with Gasteiger partial charge in [0.05, 0.1) is 39.9 Å². The van der Waals surface area contributed by atoms with Crippen molar-refractivity contribution in [3.63, 3.8) is 0 Å². The van der Waals surface area contributed by atoms with Gasteiger partial charge in [0.15, 0.2) is 0 Å². The first kappa shape index (κ1) is 52.2. The van der Waals surface area contributed by atoms with E-state index < -0.39 is 20.0 Å². The maximum absolute atomic E-state index is 12.8. The molecule has 1 unspecified atom stereocenters. The van der Waals surface area contributed by atoms with E-state index in [2.05, 4.69) is 19.2 Å². The highest BCUT2D eigenvalue weighted by Crippen LogP contribution is 2.38. The number of hydrogen-bond acceptors (Lipinski definition) is 6. The quantitative estimate of drug-likeness (QED) is 0.0277. The van der Waals surface area contributed by atoms with E-state index in [0.29, 0.717) is 17.4 Å². The van der Waals surface area contributed by atoms with Gasteiger partial charge in [0.25, 0.3) is 7.82 Å². The third-order valence-corrected chi connectivity index (χ3v) is 11.2. The topological polar surface area (TPSA) is 108 Å². The summed E-state index contributed by atoms with van der Waals surface area (Å²) in [6.45, 7) is 4.66. The number of allylic oxidation sites excluding steroid dienone is 1. The Morgan fingerprint density at radius 2 is 1.02 bits per heavy atom. The Bertz CT molecular complexity index is 880. The van der Waals surface area contributed by atoms with Gasteiger partial charge >= 0.3 is 0 Å². The van der Waals surface area contributed by atoms with E-state index in [9.17, 15) is 19.4 Å². The van der Waals surface area contributed by atoms with Gasteiger partial charge in [-0.2, -0.15) is 0 Å². The summed E-state index contributed by atoms with van der Waals surface area (Å²) in [5.41, 5.74) is 0. The van der Waals surface area contributed by atoms with Crippen LogP contribution in [0.5, 0.6) is 0 Å². The Hall–Kier alpha value is -0.760. The normalized spacial score (nSPS) is 14.5. The minimum absolute atomic E-state index is 0.00210. The second-order valence-corrected chi connectivity index (χ2v) is 18.2. The molecule has 0 spiro atoms. The molecule has 0 fully saturated rings. The third kappa shape index (κ3) is 39.3. The van der Waals surface area contributed by atoms with E-state index in [0.717, 1.165) is 38.5 Å². The number of likely N-dealkylation sites (N-methyl/N-ethyl adjacent to an activating group) is 1. The minimum atomic E-state index is -4.58. The highest BCUT2D eigenvalue weighted by molar-refractivity contribution is 7.45. The maximum Gasteiger partial charge on any atom is 0.268 e. The Kier molecular flexibility index (Phi) is 36.3. The summed E-state index contributed by atoms with van der Waals surface area (Å²) < 4.78 is 23.2. The number of carbonyl (C=O) groups is 1. The minimum Gasteiger partial charge on any atom is -0.756 e. The van der Waals surface area contributed by atoms with Crippen molar-refractivity contribution in [1.82, 2.24) is 5.32 Å². The molecule has 0 aromatic heterocycles. The lowest BCUT2D eigenvalue weighted by Gasteiger charge is -2.29. The molecule has 0 aliphatic rings. The van der Waals surface area contributed by atoms with Crippen LogP contribution in [0.1, 0.15) is 213 Å². The number of unbranched alkanes of at least 4 members (excludes halogenated alkanes) is 28. The molecule has 2 N–H and O–H groups in total. The first-order valence-electron chi connectivity index (χ1n) is 22.6. The van der Waals surface area contributed by atoms with Crippen molar-refractivity contribution in [1.29, 1.82) is 0 Å². The third-order valence-electron chi connectivity index (χ3n) is 10.2. The van der Waals surface area contributed by atoms with Crippen molar-refractivity contribution in [2.24, 2.45) is 0 Å². The lowest BCUT2D eigenvalue weighted by molar-refractivity contribution is -0.870. The fraction of sp³-hybridized carbons (Fsp3) is 0.932. The number of nitrogens with zero attached hydrogens (tertiary/aromatic N) is 1. The van der Waals surface area contributed by atoms with Gasteiger partial charge in [0.2, 0.25) is 5.91 Å². The summed E-state index contributed by atoms with van der Waals surface area (Å²) in [4.78, 5) is 25.3. The van der Waals surface area contributed by atoms with Crippen LogP contribution in [0.4, 0.5) is 0 Å². The van der Waals surface area contributed by atoms with Crippen LogP contribution in [-0.2, 0) is 18.4 Å². The Morgan fingerprint density at radius 1 is 0.642 bits per heavy atom. The highest BCUT2D eigenvalue weighted by atomic mass is 31.2. The Labute approximate surface area is 329 Å². The van der Waals surface area contributed by atoms with Crippen LogP contribution in [0.2, 0.25) is 0 Å². The summed E-state index contributed by atoms with van der Waals surface area (Å²) in [7, 11) is 1.27. The molecule has 8 nitrogen and oxygen atoms in total. The zero-order valence-corrected chi connectivity index (χ0v) is 36.6. The standard InChI is InChI=1S/C44H89N2O6P/c1-6-8-10-12-14-16-18-20-22-23-24-26-28-30-32-34-36-38-44(48)45-42(41-52-53(49,50)51-40-39-46(3,4)5)43(47)37-35-33-31-29-27-25-21-19-17-15-13-11-9-7-2/h35,37,42-43,47H,6-34,36,38-41H2,1-5H3,(H-,45,48,49,50)/b37-35+/t42-,43+/m0/s1. The van der Waals surface area contributed by atoms with Crippen molar-refractivity contribution in [3.05, 3.63) is 12.2 Å². The van der Waals surface area contributed by atoms with Gasteiger partial charge in [0.1, 0.15) is 13.2 Å². The molecule has 0 bridgehead atoms. The Balaban J connectivity index is 4.38. The number of phosphoric acid groups is 1. The van der Waals surface area contributed by atoms with E-state index in [1.807, 2.05) is 27.2 Å². The summed E-state index contributed by atoms with van der Waals surface area (Å²) in [6.07, 6.45) is 41.0. The average molecular weight is 773 g/mol. The predicted molar refractivity (Wildman–Crippen MR) is 224 cm³/mol. The second kappa shape index (κ2) is 36.9. The molecular weight excluding hydrogens is 683 g/mol. The van der Waals surface area contributed by atoms with Gasteiger partial charge < -0.3 is 28.8 Å². The number of phosphoric ester groups is 1. The van der Waals surface area contributed by atoms with Crippen molar-refractivity contribution in [3.8, 4) is 0 Å². The number of nitrogens with one attached hydrogen (secondary N) is 1. The molecule has 0 radical (unpaired) electrons. The SMILES string of the molecule is CCCCCCCCCCCCCC/C=C/[C@@H](O)[C@H](COP(=O)([O-])OCC[N+](C)(C)C)NC(=O)CCCCCCCCCCCCCCCCCCC. The van der Waals surface area contributed by atoms with Gasteiger partial charge in [-0.05, 0) is 19.3 Å². The molecule has 3 atom stereocenters. The van der Waals surface area contributed by atoms with Crippen molar-refractivity contribution >= 4 is 13.7 Å². The summed E-state index contributed by atoms with van der Waals surface area (Å²) in [5.74, 6) is -0.195. The molecule has 53 heavy (non-hydrogen) atoms. The maximum atomic E-state index is 12.8. The van der Waals surface area contributed by atoms with Crippen LogP contribution in [0.25, 0.3) is 0 Å². The summed E-state index contributed by atoms with van der Waals surface area (Å²) in [6, 6.07) is -0.879. The number of carbonyl (C=O) groups excluding carboxylic acids is 1. The van der Waals surface area contributed by atoms with Gasteiger partial charge in [0, 0.05) is 6.42 Å². The number of quaternary nitrogens is 1. The molecule has 0 heterocycles. The zero-order chi connectivity index (χ0) is 39.3. The van der Waals surface area contributed by atoms with E-state index >= 15 is 0 Å². The molecule has 0 aromatic rings. The van der Waals surface area contributed by atoms with Crippen LogP contribution in [0.3, 0.4) is 0 Å². The first-order chi connectivity index (χ1) is 25.5. The van der Waals surface area contributed by atoms with Crippen LogP contribution < -0.4 is 10.2 Å². The molecule has 0 rings (SSSR count). The summed E-state index contributed by atoms with van der Waals surface area (Å²) >= 11 is 0. The molecule has 0 aliphatic heterocycles. The van der Waals surface area contributed by atoms with Crippen LogP contribution in [0, 0.1) is 0 Å². The van der Waals surface area contributed by atoms with E-state index in [1.54, 1.807) is 6.08 Å². The summed E-state index contributed by atoms with van der Waals surface area (Å²) in [5, 5.41) is 13.8. The van der Waals surface area contributed by atoms with Crippen LogP contribution in [-0.4, -0.2) is 68.5 Å². The van der Waals surface area contributed by atoms with E-state index in [4.69, 9.17) is 9.05 Å². The fourth-order valence-corrected chi connectivity index (χ4v) is 7.35. The predicted octanol–water partition coefficient (Wildman–Crippen LogP) is 11.7. The number of aliphatic hydroxyl groups excluding tert-OH is 1. The zero-order valence-electron chi connectivity index (χ0n) is 35.7. The molecule has 0 aromatic carbocycles. The first-order valence-corrected chi connectivity index (χ1v) is 24.0. The molecule has 9 heteroatoms. The average Bonchev–Trinajstić information content (AvgIpc) is 3.10. The molecule has 316 valence electrons. The molecule has 1 amide bonds. The van der Waals surface area contributed by atoms with Crippen LogP contribution >= 0.6 is 7.82 Å². The van der Waals surface area contributed by atoms with Gasteiger partial charge in [-0.3, -0.25) is 9.36 Å². The van der Waals surface area contributed by atoms with Crippen molar-refractivity contribution in [2.45, 2.75) is 225 Å². The van der Waals surface area contributed by atoms with Crippen LogP contribution in [0.15, 0.2) is 12.2 Å². The molecule has 0 saturated heterocycles. The van der Waals surface area contributed by atoms with E-state index in [1.165, 1.54) is 154 Å². The monoisotopic (exact) mass is 773 g/mol. The highest BCUT2D eigenvalue weighted by Gasteiger charge is 2.23. The second-order valence-electron chi connectivity index (χ2n) is 16.8. The van der Waals surface area contributed by atoms with Crippen molar-refractivity contribution < 1.29 is 32.9 Å². The lowest BCUT2D eigenvalue weighted by Crippen LogP contribution is -2.45. The van der Waals surface area contributed by atoms with Crippen molar-refractivity contribution in [2.75, 3.05) is 40.9 Å². The Morgan fingerprint density at radius 3 is 1.42 bits per heavy atom. The van der Waals surface area contributed by atoms with Gasteiger partial charge in [-0.25, -0.2) is 0 Å². The molecular formula is C44H89N2O6P. The smallest absolute Gasteiger partial charge is 0.268 e. The fourth-order valence-electron chi connectivity index (χ4n) is 6.62. The number of rotatable bonds is 41. The molecule has 0 saturated carbocycles. The van der Waals surface area contributed by atoms with Gasteiger partial charge in [-0.1, -0.05) is 199 Å². The molecule has 0 aliphatic carbocycles. The number of amides is 1. The lowest BCUT2D eigenvalue weighted by atomic mass is 10.0. The largest absolute Gasteiger partial charge is 0.756 e. The number of hydrogen-bond donors (Lipinski definition) is 2.